The summed E-state index contributed by atoms with van der Waals surface area (Å²) in [5.41, 5.74) is 4.32. The highest BCUT2D eigenvalue weighted by molar-refractivity contribution is 5.85. The van der Waals surface area contributed by atoms with Gasteiger partial charge in [0.15, 0.2) is 6.29 Å². The lowest BCUT2D eigenvalue weighted by Gasteiger charge is -2.49. The third-order valence-corrected chi connectivity index (χ3v) is 6.37. The maximum atomic E-state index is 5.81. The molecule has 3 aliphatic heterocycles. The van der Waals surface area contributed by atoms with E-state index >= 15 is 0 Å². The van der Waals surface area contributed by atoms with E-state index < -0.39 is 0 Å². The minimum absolute atomic E-state index is 0. The van der Waals surface area contributed by atoms with Gasteiger partial charge < -0.3 is 42.9 Å². The highest BCUT2D eigenvalue weighted by atomic mass is 127. The molecule has 0 aliphatic carbocycles. The summed E-state index contributed by atoms with van der Waals surface area (Å²) in [6.07, 6.45) is 3.60. The number of aromatic amines is 1. The van der Waals surface area contributed by atoms with E-state index in [4.69, 9.17) is 9.47 Å². The summed E-state index contributed by atoms with van der Waals surface area (Å²) in [7, 11) is 2.44. The Morgan fingerprint density at radius 3 is 2.75 bits per heavy atom. The van der Waals surface area contributed by atoms with Crippen molar-refractivity contribution < 1.29 is 37.9 Å². The van der Waals surface area contributed by atoms with E-state index in [0.717, 1.165) is 13.2 Å². The van der Waals surface area contributed by atoms with Crippen molar-refractivity contribution in [2.45, 2.75) is 31.6 Å². The monoisotopic (exact) mass is 440 g/mol. The number of likely N-dealkylation sites (N-methyl/N-ethyl adjacent to an activating group) is 1. The molecule has 0 radical (unpaired) electrons. The Bertz CT molecular complexity index is 740. The van der Waals surface area contributed by atoms with Crippen LogP contribution in [0, 0.1) is 5.92 Å². The number of hydrogen-bond donors (Lipinski definition) is 1. The summed E-state index contributed by atoms with van der Waals surface area (Å²) in [6, 6.07) is 9.31. The van der Waals surface area contributed by atoms with Crippen LogP contribution in [0.25, 0.3) is 10.9 Å². The molecule has 1 N–H and O–H groups in total. The van der Waals surface area contributed by atoms with E-state index in [1.54, 1.807) is 5.56 Å². The van der Waals surface area contributed by atoms with E-state index in [9.17, 15) is 0 Å². The van der Waals surface area contributed by atoms with E-state index in [2.05, 4.69) is 36.3 Å². The van der Waals surface area contributed by atoms with Gasteiger partial charge in [0.2, 0.25) is 0 Å². The predicted octanol–water partition coefficient (Wildman–Crippen LogP) is -0.00140. The number of piperidine rings is 1. The minimum Gasteiger partial charge on any atom is -1.00 e. The number of ether oxygens (including phenoxy) is 2. The SMILES string of the molecule is C[N@@+]12CCc3c([nH]c4ccccc34)[C@@H]1C[C@H](C1OCCO1)CC2.[I-]. The van der Waals surface area contributed by atoms with Crippen molar-refractivity contribution in [1.82, 2.24) is 4.98 Å². The van der Waals surface area contributed by atoms with Gasteiger partial charge in [0.25, 0.3) is 0 Å². The normalized spacial score (nSPS) is 33.0. The van der Waals surface area contributed by atoms with Crippen LogP contribution in [0.3, 0.4) is 0 Å². The third-order valence-electron chi connectivity index (χ3n) is 6.37. The third kappa shape index (κ3) is 2.52. The fourth-order valence-electron chi connectivity index (χ4n) is 5.01. The number of fused-ring (bicyclic) bond motifs is 5. The van der Waals surface area contributed by atoms with Crippen molar-refractivity contribution in [2.24, 2.45) is 5.92 Å². The van der Waals surface area contributed by atoms with Gasteiger partial charge in [-0.15, -0.1) is 0 Å². The van der Waals surface area contributed by atoms with Gasteiger partial charge in [0, 0.05) is 36.1 Å². The minimum atomic E-state index is 0. The van der Waals surface area contributed by atoms with E-state index in [-0.39, 0.29) is 30.3 Å². The first kappa shape index (κ1) is 16.8. The molecule has 2 saturated heterocycles. The average Bonchev–Trinajstić information content (AvgIpc) is 3.21. The second kappa shape index (κ2) is 6.27. The Morgan fingerprint density at radius 1 is 1.12 bits per heavy atom. The highest BCUT2D eigenvalue weighted by Crippen LogP contribution is 2.46. The molecule has 2 aromatic rings. The molecule has 3 atom stereocenters. The summed E-state index contributed by atoms with van der Waals surface area (Å²) >= 11 is 0. The van der Waals surface area contributed by atoms with Crippen molar-refractivity contribution in [3.05, 3.63) is 35.5 Å². The standard InChI is InChI=1S/C19H25N2O2.HI/c1-21-8-6-13(19-22-10-11-23-19)12-17(21)18-15(7-9-21)14-4-2-3-5-16(14)20-18;/h2-5,13,17,19-20H,6-12H2,1H3;1H/q+1;/p-1/t13-,17+,21-;/m1./s1. The molecule has 24 heavy (non-hydrogen) atoms. The fraction of sp³-hybridized carbons (Fsp3) is 0.579. The number of hydrogen-bond acceptors (Lipinski definition) is 2. The molecule has 5 rings (SSSR count). The second-order valence-electron chi connectivity index (χ2n) is 7.65. The maximum absolute atomic E-state index is 5.81. The number of nitrogens with one attached hydrogen (secondary N) is 1. The van der Waals surface area contributed by atoms with Gasteiger partial charge in [0.05, 0.1) is 39.0 Å². The smallest absolute Gasteiger partial charge is 0.161 e. The summed E-state index contributed by atoms with van der Waals surface area (Å²) in [6.45, 7) is 4.00. The molecule has 3 aliphatic rings. The summed E-state index contributed by atoms with van der Waals surface area (Å²) in [4.78, 5) is 3.75. The molecular formula is C19H25IN2O2. The van der Waals surface area contributed by atoms with E-state index in [1.807, 2.05) is 0 Å². The van der Waals surface area contributed by atoms with Gasteiger partial charge in [0.1, 0.15) is 6.04 Å². The lowest BCUT2D eigenvalue weighted by atomic mass is 9.82. The first-order valence-electron chi connectivity index (χ1n) is 8.91. The molecule has 1 aromatic heterocycles. The van der Waals surface area contributed by atoms with Gasteiger partial charge in [-0.3, -0.25) is 0 Å². The van der Waals surface area contributed by atoms with Crippen molar-refractivity contribution in [1.29, 1.82) is 0 Å². The molecule has 0 unspecified atom stereocenters. The molecule has 4 nitrogen and oxygen atoms in total. The van der Waals surface area contributed by atoms with Crippen LogP contribution in [0.5, 0.6) is 0 Å². The molecule has 130 valence electrons. The zero-order valence-corrected chi connectivity index (χ0v) is 16.3. The van der Waals surface area contributed by atoms with Gasteiger partial charge in [-0.1, -0.05) is 18.2 Å². The molecule has 0 spiro atoms. The quantitative estimate of drug-likeness (QED) is 0.501. The first-order valence-corrected chi connectivity index (χ1v) is 8.91. The number of nitrogens with zero attached hydrogens (tertiary/aromatic N) is 1. The molecule has 0 bridgehead atoms. The molecule has 5 heteroatoms. The largest absolute Gasteiger partial charge is 1.00 e. The molecule has 0 amide bonds. The van der Waals surface area contributed by atoms with Crippen LogP contribution in [0.4, 0.5) is 0 Å². The zero-order chi connectivity index (χ0) is 15.4. The Labute approximate surface area is 160 Å². The second-order valence-corrected chi connectivity index (χ2v) is 7.65. The lowest BCUT2D eigenvalue weighted by Crippen LogP contribution is -3.00. The van der Waals surface area contributed by atoms with Crippen LogP contribution < -0.4 is 24.0 Å². The van der Waals surface area contributed by atoms with Gasteiger partial charge in [-0.2, -0.15) is 0 Å². The van der Waals surface area contributed by atoms with Gasteiger partial charge in [-0.25, -0.2) is 0 Å². The zero-order valence-electron chi connectivity index (χ0n) is 14.1. The number of rotatable bonds is 1. The van der Waals surface area contributed by atoms with Gasteiger partial charge >= 0.3 is 0 Å². The molecule has 1 aromatic carbocycles. The number of aromatic nitrogens is 1. The molecule has 0 saturated carbocycles. The predicted molar refractivity (Wildman–Crippen MR) is 89.1 cm³/mol. The van der Waals surface area contributed by atoms with E-state index in [1.165, 1.54) is 53.4 Å². The van der Waals surface area contributed by atoms with Crippen LogP contribution in [-0.2, 0) is 15.9 Å². The summed E-state index contributed by atoms with van der Waals surface area (Å²) in [5, 5.41) is 1.42. The number of quaternary nitrogens is 1. The van der Waals surface area contributed by atoms with Crippen LogP contribution in [-0.4, -0.2) is 49.1 Å². The molecule has 4 heterocycles. The topological polar surface area (TPSA) is 34.2 Å². The van der Waals surface area contributed by atoms with Crippen LogP contribution >= 0.6 is 0 Å². The summed E-state index contributed by atoms with van der Waals surface area (Å²) < 4.78 is 12.8. The number of H-pyrrole nitrogens is 1. The van der Waals surface area contributed by atoms with E-state index in [0.29, 0.717) is 12.0 Å². The maximum Gasteiger partial charge on any atom is 0.161 e. The van der Waals surface area contributed by atoms with Crippen molar-refractivity contribution in [3.8, 4) is 0 Å². The van der Waals surface area contributed by atoms with Crippen molar-refractivity contribution in [3.63, 3.8) is 0 Å². The van der Waals surface area contributed by atoms with Crippen LogP contribution in [0.2, 0.25) is 0 Å². The Kier molecular flexibility index (Phi) is 4.39. The van der Waals surface area contributed by atoms with Gasteiger partial charge in [-0.05, 0) is 11.6 Å². The number of benzene rings is 1. The fourth-order valence-corrected chi connectivity index (χ4v) is 5.01. The van der Waals surface area contributed by atoms with Crippen molar-refractivity contribution in [2.75, 3.05) is 33.4 Å². The first-order chi connectivity index (χ1) is 11.2. The average molecular weight is 440 g/mol. The number of halogens is 1. The molecular weight excluding hydrogens is 415 g/mol. The van der Waals surface area contributed by atoms with Crippen LogP contribution in [0.15, 0.2) is 24.3 Å². The van der Waals surface area contributed by atoms with Crippen molar-refractivity contribution >= 4 is 10.9 Å². The Morgan fingerprint density at radius 2 is 1.92 bits per heavy atom. The Balaban J connectivity index is 0.00000146. The van der Waals surface area contributed by atoms with Crippen LogP contribution in [0.1, 0.15) is 30.1 Å². The molecule has 2 fully saturated rings. The highest BCUT2D eigenvalue weighted by Gasteiger charge is 2.47. The lowest BCUT2D eigenvalue weighted by molar-refractivity contribution is -0.948. The summed E-state index contributed by atoms with van der Waals surface area (Å²) in [5.74, 6) is 0.533. The Hall–Kier alpha value is -0.630. The number of para-hydroxylation sites is 1.